The molecule has 2 fully saturated rings. The van der Waals surface area contributed by atoms with E-state index in [2.05, 4.69) is 24.4 Å². The van der Waals surface area contributed by atoms with Crippen LogP contribution in [-0.4, -0.2) is 11.9 Å². The summed E-state index contributed by atoms with van der Waals surface area (Å²) in [6.07, 6.45) is 5.31. The third-order valence-electron chi connectivity index (χ3n) is 6.78. The van der Waals surface area contributed by atoms with Crippen molar-refractivity contribution >= 4 is 16.7 Å². The molecular weight excluding hydrogens is 362 g/mol. The molecule has 2 aromatic carbocycles. The largest absolute Gasteiger partial charge is 0.486 e. The lowest BCUT2D eigenvalue weighted by Crippen LogP contribution is -2.40. The summed E-state index contributed by atoms with van der Waals surface area (Å²) in [6.45, 7) is 2.43. The van der Waals surface area contributed by atoms with Crippen LogP contribution in [0.4, 0.5) is 0 Å². The van der Waals surface area contributed by atoms with Crippen LogP contribution in [0.5, 0.6) is 5.75 Å². The first-order valence-corrected chi connectivity index (χ1v) is 10.7. The summed E-state index contributed by atoms with van der Waals surface area (Å²) < 4.78 is 11.6. The van der Waals surface area contributed by atoms with Gasteiger partial charge in [-0.2, -0.15) is 0 Å². The third-order valence-corrected chi connectivity index (χ3v) is 6.78. The highest BCUT2D eigenvalue weighted by atomic mass is 16.5. The van der Waals surface area contributed by atoms with Gasteiger partial charge in [0.1, 0.15) is 18.1 Å². The molecule has 4 nitrogen and oxygen atoms in total. The van der Waals surface area contributed by atoms with Gasteiger partial charge in [-0.15, -0.1) is 0 Å². The molecule has 29 heavy (non-hydrogen) atoms. The topological polar surface area (TPSA) is 51.5 Å². The standard InChI is InChI=1S/C25H27NO3/c1-16(23-13-17-6-7-20(23)12-17)26-25(27)24-11-10-22(29-24)15-28-21-9-8-18-4-2-3-5-19(18)14-21/h2-5,8-11,14,16-17,20,23H,6-7,12-13,15H2,1H3,(H,26,27). The van der Waals surface area contributed by atoms with Crippen LogP contribution in [-0.2, 0) is 6.61 Å². The number of furan rings is 1. The van der Waals surface area contributed by atoms with Crippen LogP contribution in [0.15, 0.2) is 59.0 Å². The molecule has 0 saturated heterocycles. The van der Waals surface area contributed by atoms with Crippen molar-refractivity contribution in [3.63, 3.8) is 0 Å². The fourth-order valence-corrected chi connectivity index (χ4v) is 5.28. The summed E-state index contributed by atoms with van der Waals surface area (Å²) in [6, 6.07) is 17.9. The normalized spacial score (nSPS) is 24.0. The zero-order chi connectivity index (χ0) is 19.8. The molecule has 2 saturated carbocycles. The number of fused-ring (bicyclic) bond motifs is 3. The van der Waals surface area contributed by atoms with E-state index in [0.717, 1.165) is 23.0 Å². The van der Waals surface area contributed by atoms with E-state index in [1.807, 2.05) is 36.4 Å². The van der Waals surface area contributed by atoms with E-state index < -0.39 is 0 Å². The van der Waals surface area contributed by atoms with Crippen LogP contribution in [0, 0.1) is 17.8 Å². The van der Waals surface area contributed by atoms with Crippen molar-refractivity contribution in [1.82, 2.24) is 5.32 Å². The number of carbonyl (C=O) groups is 1. The minimum atomic E-state index is -0.128. The maximum atomic E-state index is 12.6. The number of rotatable bonds is 6. The van der Waals surface area contributed by atoms with Crippen molar-refractivity contribution in [2.24, 2.45) is 17.8 Å². The maximum Gasteiger partial charge on any atom is 0.287 e. The lowest BCUT2D eigenvalue weighted by atomic mass is 9.84. The summed E-state index contributed by atoms with van der Waals surface area (Å²) >= 11 is 0. The average Bonchev–Trinajstić information content (AvgIpc) is 3.49. The summed E-state index contributed by atoms with van der Waals surface area (Å²) in [5.74, 6) is 3.95. The van der Waals surface area contributed by atoms with Gasteiger partial charge in [0.05, 0.1) is 0 Å². The van der Waals surface area contributed by atoms with Gasteiger partial charge in [0.25, 0.3) is 5.91 Å². The highest BCUT2D eigenvalue weighted by molar-refractivity contribution is 5.91. The number of nitrogens with one attached hydrogen (secondary N) is 1. The Hall–Kier alpha value is -2.75. The van der Waals surface area contributed by atoms with Gasteiger partial charge in [-0.3, -0.25) is 4.79 Å². The number of ether oxygens (including phenoxy) is 1. The molecule has 1 aromatic heterocycles. The summed E-state index contributed by atoms with van der Waals surface area (Å²) in [7, 11) is 0. The fraction of sp³-hybridized carbons (Fsp3) is 0.400. The van der Waals surface area contributed by atoms with Gasteiger partial charge in [0.15, 0.2) is 5.76 Å². The van der Waals surface area contributed by atoms with Crippen LogP contribution in [0.2, 0.25) is 0 Å². The molecule has 0 radical (unpaired) electrons. The van der Waals surface area contributed by atoms with Crippen LogP contribution in [0.1, 0.15) is 48.9 Å². The maximum absolute atomic E-state index is 12.6. The van der Waals surface area contributed by atoms with Gasteiger partial charge < -0.3 is 14.5 Å². The van der Waals surface area contributed by atoms with E-state index in [4.69, 9.17) is 9.15 Å². The number of hydrogen-bond acceptors (Lipinski definition) is 3. The SMILES string of the molecule is CC(NC(=O)c1ccc(COc2ccc3ccccc3c2)o1)C1CC2CCC1C2. The Balaban J connectivity index is 1.18. The van der Waals surface area contributed by atoms with Gasteiger partial charge >= 0.3 is 0 Å². The van der Waals surface area contributed by atoms with E-state index in [1.54, 1.807) is 6.07 Å². The Morgan fingerprint density at radius 1 is 1.10 bits per heavy atom. The average molecular weight is 389 g/mol. The minimum absolute atomic E-state index is 0.128. The first kappa shape index (κ1) is 18.3. The number of amides is 1. The molecule has 2 aliphatic rings. The van der Waals surface area contributed by atoms with E-state index in [0.29, 0.717) is 24.0 Å². The molecule has 150 valence electrons. The molecule has 2 bridgehead atoms. The Bertz CT molecular complexity index is 1020. The zero-order valence-electron chi connectivity index (χ0n) is 16.8. The molecule has 2 aliphatic carbocycles. The van der Waals surface area contributed by atoms with Crippen molar-refractivity contribution in [1.29, 1.82) is 0 Å². The molecule has 5 rings (SSSR count). The van der Waals surface area contributed by atoms with Crippen molar-refractivity contribution in [2.45, 2.75) is 45.3 Å². The van der Waals surface area contributed by atoms with Gasteiger partial charge in [-0.1, -0.05) is 36.8 Å². The molecule has 1 heterocycles. The van der Waals surface area contributed by atoms with Crippen LogP contribution < -0.4 is 10.1 Å². The second-order valence-corrected chi connectivity index (χ2v) is 8.66. The molecule has 4 unspecified atom stereocenters. The highest BCUT2D eigenvalue weighted by Crippen LogP contribution is 2.49. The smallest absolute Gasteiger partial charge is 0.287 e. The van der Waals surface area contributed by atoms with Crippen molar-refractivity contribution in [2.75, 3.05) is 0 Å². The van der Waals surface area contributed by atoms with Gasteiger partial charge in [0.2, 0.25) is 0 Å². The molecule has 1 N–H and O–H groups in total. The zero-order valence-corrected chi connectivity index (χ0v) is 16.8. The Kier molecular flexibility index (Phi) is 4.78. The monoisotopic (exact) mass is 389 g/mol. The molecule has 3 aromatic rings. The predicted octanol–water partition coefficient (Wildman–Crippen LogP) is 5.57. The summed E-state index contributed by atoms with van der Waals surface area (Å²) in [5.41, 5.74) is 0. The number of hydrogen-bond donors (Lipinski definition) is 1. The lowest BCUT2D eigenvalue weighted by molar-refractivity contribution is 0.0883. The first-order valence-electron chi connectivity index (χ1n) is 10.7. The Labute approximate surface area is 171 Å². The van der Waals surface area contributed by atoms with Gasteiger partial charge in [0, 0.05) is 6.04 Å². The van der Waals surface area contributed by atoms with E-state index in [9.17, 15) is 4.79 Å². The molecule has 4 atom stereocenters. The van der Waals surface area contributed by atoms with Crippen LogP contribution >= 0.6 is 0 Å². The summed E-state index contributed by atoms with van der Waals surface area (Å²) in [5, 5.41) is 5.48. The van der Waals surface area contributed by atoms with Gasteiger partial charge in [-0.25, -0.2) is 0 Å². The van der Waals surface area contributed by atoms with Crippen LogP contribution in [0.25, 0.3) is 10.8 Å². The number of benzene rings is 2. The molecular formula is C25H27NO3. The van der Waals surface area contributed by atoms with Gasteiger partial charge in [-0.05, 0) is 79.0 Å². The molecule has 1 amide bonds. The van der Waals surface area contributed by atoms with Crippen molar-refractivity contribution < 1.29 is 13.9 Å². The minimum Gasteiger partial charge on any atom is -0.486 e. The molecule has 0 spiro atoms. The first-order chi connectivity index (χ1) is 14.2. The quantitative estimate of drug-likeness (QED) is 0.600. The van der Waals surface area contributed by atoms with E-state index in [-0.39, 0.29) is 11.9 Å². The second-order valence-electron chi connectivity index (χ2n) is 8.66. The molecule has 0 aliphatic heterocycles. The third kappa shape index (κ3) is 3.76. The summed E-state index contributed by atoms with van der Waals surface area (Å²) in [4.78, 5) is 12.6. The predicted molar refractivity (Wildman–Crippen MR) is 113 cm³/mol. The molecule has 4 heteroatoms. The highest BCUT2D eigenvalue weighted by Gasteiger charge is 2.42. The van der Waals surface area contributed by atoms with E-state index >= 15 is 0 Å². The Morgan fingerprint density at radius 3 is 2.76 bits per heavy atom. The lowest BCUT2D eigenvalue weighted by Gasteiger charge is -2.28. The fourth-order valence-electron chi connectivity index (χ4n) is 5.28. The van der Waals surface area contributed by atoms with Crippen molar-refractivity contribution in [3.8, 4) is 5.75 Å². The number of carbonyl (C=O) groups excluding carboxylic acids is 1. The van der Waals surface area contributed by atoms with Crippen LogP contribution in [0.3, 0.4) is 0 Å². The van der Waals surface area contributed by atoms with E-state index in [1.165, 1.54) is 31.1 Å². The second kappa shape index (κ2) is 7.58. The van der Waals surface area contributed by atoms with Crippen molar-refractivity contribution in [3.05, 3.63) is 66.1 Å². The Morgan fingerprint density at radius 2 is 1.97 bits per heavy atom.